The van der Waals surface area contributed by atoms with Crippen molar-refractivity contribution >= 4 is 11.6 Å². The zero-order chi connectivity index (χ0) is 14.1. The van der Waals surface area contributed by atoms with Gasteiger partial charge in [0.25, 0.3) is 0 Å². The first-order valence-corrected chi connectivity index (χ1v) is 6.92. The summed E-state index contributed by atoms with van der Waals surface area (Å²) in [5, 5.41) is 12.2. The van der Waals surface area contributed by atoms with Crippen LogP contribution in [0.15, 0.2) is 24.3 Å². The molecule has 0 fully saturated rings. The fourth-order valence-electron chi connectivity index (χ4n) is 1.97. The van der Waals surface area contributed by atoms with Crippen LogP contribution in [-0.2, 0) is 11.4 Å². The first-order valence-electron chi connectivity index (χ1n) is 6.92. The van der Waals surface area contributed by atoms with Crippen LogP contribution < -0.4 is 5.32 Å². The SMILES string of the molecule is CCCN(CCC)C(=O)CNc1cccc(CO)c1. The van der Waals surface area contributed by atoms with E-state index in [9.17, 15) is 4.79 Å². The number of hydrogen-bond acceptors (Lipinski definition) is 3. The van der Waals surface area contributed by atoms with Gasteiger partial charge in [0, 0.05) is 18.8 Å². The lowest BCUT2D eigenvalue weighted by atomic mass is 10.2. The molecule has 0 atom stereocenters. The van der Waals surface area contributed by atoms with Crippen LogP contribution >= 0.6 is 0 Å². The van der Waals surface area contributed by atoms with Gasteiger partial charge >= 0.3 is 0 Å². The zero-order valence-corrected chi connectivity index (χ0v) is 11.9. The second-order valence-corrected chi connectivity index (χ2v) is 4.59. The van der Waals surface area contributed by atoms with Gasteiger partial charge in [0.1, 0.15) is 0 Å². The largest absolute Gasteiger partial charge is 0.392 e. The lowest BCUT2D eigenvalue weighted by molar-refractivity contribution is -0.129. The topological polar surface area (TPSA) is 52.6 Å². The second kappa shape index (κ2) is 8.53. The maximum atomic E-state index is 12.1. The van der Waals surface area contributed by atoms with E-state index >= 15 is 0 Å². The summed E-state index contributed by atoms with van der Waals surface area (Å²) in [4.78, 5) is 14.0. The highest BCUT2D eigenvalue weighted by Crippen LogP contribution is 2.10. The molecule has 1 rings (SSSR count). The lowest BCUT2D eigenvalue weighted by Crippen LogP contribution is -2.36. The third kappa shape index (κ3) is 5.30. The average Bonchev–Trinajstić information content (AvgIpc) is 2.44. The Morgan fingerprint density at radius 2 is 1.95 bits per heavy atom. The Labute approximate surface area is 115 Å². The summed E-state index contributed by atoms with van der Waals surface area (Å²) in [6, 6.07) is 7.48. The van der Waals surface area contributed by atoms with Crippen LogP contribution in [0.5, 0.6) is 0 Å². The van der Waals surface area contributed by atoms with Crippen LogP contribution in [0.25, 0.3) is 0 Å². The molecule has 4 heteroatoms. The molecular formula is C15H24N2O2. The van der Waals surface area contributed by atoms with Crippen LogP contribution in [0.2, 0.25) is 0 Å². The van der Waals surface area contributed by atoms with Crippen molar-refractivity contribution in [1.82, 2.24) is 4.90 Å². The number of nitrogens with zero attached hydrogens (tertiary/aromatic N) is 1. The van der Waals surface area contributed by atoms with Crippen molar-refractivity contribution in [3.05, 3.63) is 29.8 Å². The minimum absolute atomic E-state index is 0.0151. The number of rotatable bonds is 8. The normalized spacial score (nSPS) is 10.3. The van der Waals surface area contributed by atoms with E-state index in [2.05, 4.69) is 19.2 Å². The summed E-state index contributed by atoms with van der Waals surface area (Å²) in [7, 11) is 0. The lowest BCUT2D eigenvalue weighted by Gasteiger charge is -2.22. The number of nitrogens with one attached hydrogen (secondary N) is 1. The minimum Gasteiger partial charge on any atom is -0.392 e. The molecule has 0 spiro atoms. The van der Waals surface area contributed by atoms with Crippen molar-refractivity contribution in [1.29, 1.82) is 0 Å². The van der Waals surface area contributed by atoms with Gasteiger partial charge in [0.05, 0.1) is 13.2 Å². The van der Waals surface area contributed by atoms with Gasteiger partial charge < -0.3 is 15.3 Å². The molecule has 4 nitrogen and oxygen atoms in total. The van der Waals surface area contributed by atoms with E-state index in [4.69, 9.17) is 5.11 Å². The standard InChI is InChI=1S/C15H24N2O2/c1-3-8-17(9-4-2)15(19)11-16-14-7-5-6-13(10-14)12-18/h5-7,10,16,18H,3-4,8-9,11-12H2,1-2H3. The molecule has 0 saturated heterocycles. The summed E-state index contributed by atoms with van der Waals surface area (Å²) in [6.07, 6.45) is 1.96. The fourth-order valence-corrected chi connectivity index (χ4v) is 1.97. The van der Waals surface area contributed by atoms with Gasteiger partial charge in [0.2, 0.25) is 5.91 Å². The number of amides is 1. The molecule has 0 aliphatic rings. The molecule has 19 heavy (non-hydrogen) atoms. The van der Waals surface area contributed by atoms with Crippen molar-refractivity contribution in [2.24, 2.45) is 0 Å². The molecule has 1 aromatic rings. The molecule has 0 aliphatic heterocycles. The van der Waals surface area contributed by atoms with Gasteiger partial charge in [0.15, 0.2) is 0 Å². The molecule has 0 bridgehead atoms. The van der Waals surface area contributed by atoms with Gasteiger partial charge in [-0.3, -0.25) is 4.79 Å². The molecule has 1 aromatic carbocycles. The molecular weight excluding hydrogens is 240 g/mol. The number of aliphatic hydroxyl groups excluding tert-OH is 1. The highest BCUT2D eigenvalue weighted by atomic mass is 16.3. The highest BCUT2D eigenvalue weighted by molar-refractivity contribution is 5.80. The van der Waals surface area contributed by atoms with Gasteiger partial charge in [-0.1, -0.05) is 26.0 Å². The van der Waals surface area contributed by atoms with Crippen LogP contribution in [0, 0.1) is 0 Å². The molecule has 0 radical (unpaired) electrons. The van der Waals surface area contributed by atoms with Crippen molar-refractivity contribution in [3.63, 3.8) is 0 Å². The Balaban J connectivity index is 2.51. The Bertz CT molecular complexity index is 387. The van der Waals surface area contributed by atoms with Crippen LogP contribution in [0.3, 0.4) is 0 Å². The summed E-state index contributed by atoms with van der Waals surface area (Å²) in [5.74, 6) is 0.123. The van der Waals surface area contributed by atoms with E-state index in [0.717, 1.165) is 37.2 Å². The van der Waals surface area contributed by atoms with Crippen molar-refractivity contribution in [2.45, 2.75) is 33.3 Å². The summed E-state index contributed by atoms with van der Waals surface area (Å²) in [5.41, 5.74) is 1.71. The van der Waals surface area contributed by atoms with E-state index in [-0.39, 0.29) is 12.5 Å². The van der Waals surface area contributed by atoms with Gasteiger partial charge in [-0.25, -0.2) is 0 Å². The minimum atomic E-state index is 0.0151. The average molecular weight is 264 g/mol. The molecule has 0 heterocycles. The predicted molar refractivity (Wildman–Crippen MR) is 78.0 cm³/mol. The van der Waals surface area contributed by atoms with Gasteiger partial charge in [-0.15, -0.1) is 0 Å². The molecule has 106 valence electrons. The first-order chi connectivity index (χ1) is 9.21. The molecule has 0 aromatic heterocycles. The monoisotopic (exact) mass is 264 g/mol. The van der Waals surface area contributed by atoms with E-state index in [1.54, 1.807) is 0 Å². The number of benzene rings is 1. The first kappa shape index (κ1) is 15.5. The summed E-state index contributed by atoms with van der Waals surface area (Å²) < 4.78 is 0. The van der Waals surface area contributed by atoms with E-state index in [1.807, 2.05) is 29.2 Å². The zero-order valence-electron chi connectivity index (χ0n) is 11.9. The smallest absolute Gasteiger partial charge is 0.241 e. The molecule has 0 unspecified atom stereocenters. The molecule has 2 N–H and O–H groups in total. The summed E-state index contributed by atoms with van der Waals surface area (Å²) in [6.45, 7) is 6.09. The van der Waals surface area contributed by atoms with Crippen molar-refractivity contribution < 1.29 is 9.90 Å². The molecule has 1 amide bonds. The van der Waals surface area contributed by atoms with Crippen LogP contribution in [0.4, 0.5) is 5.69 Å². The second-order valence-electron chi connectivity index (χ2n) is 4.59. The number of aliphatic hydroxyl groups is 1. The Morgan fingerprint density at radius 3 is 2.53 bits per heavy atom. The van der Waals surface area contributed by atoms with Crippen molar-refractivity contribution in [2.75, 3.05) is 25.0 Å². The van der Waals surface area contributed by atoms with E-state index < -0.39 is 0 Å². The number of hydrogen-bond donors (Lipinski definition) is 2. The summed E-state index contributed by atoms with van der Waals surface area (Å²) >= 11 is 0. The Morgan fingerprint density at radius 1 is 1.26 bits per heavy atom. The van der Waals surface area contributed by atoms with Gasteiger partial charge in [-0.2, -0.15) is 0 Å². The number of carbonyl (C=O) groups excluding carboxylic acids is 1. The van der Waals surface area contributed by atoms with Crippen LogP contribution in [-0.4, -0.2) is 35.5 Å². The Hall–Kier alpha value is -1.55. The quantitative estimate of drug-likeness (QED) is 0.757. The van der Waals surface area contributed by atoms with E-state index in [0.29, 0.717) is 6.54 Å². The third-order valence-electron chi connectivity index (χ3n) is 2.89. The van der Waals surface area contributed by atoms with Crippen molar-refractivity contribution in [3.8, 4) is 0 Å². The highest BCUT2D eigenvalue weighted by Gasteiger charge is 2.10. The third-order valence-corrected chi connectivity index (χ3v) is 2.89. The fraction of sp³-hybridized carbons (Fsp3) is 0.533. The number of carbonyl (C=O) groups is 1. The number of anilines is 1. The Kier molecular flexibility index (Phi) is 6.97. The van der Waals surface area contributed by atoms with E-state index in [1.165, 1.54) is 0 Å². The maximum Gasteiger partial charge on any atom is 0.241 e. The maximum absolute atomic E-state index is 12.1. The predicted octanol–water partition coefficient (Wildman–Crippen LogP) is 2.24. The van der Waals surface area contributed by atoms with Crippen LogP contribution in [0.1, 0.15) is 32.3 Å². The molecule has 0 saturated carbocycles. The van der Waals surface area contributed by atoms with Gasteiger partial charge in [-0.05, 0) is 30.5 Å². The molecule has 0 aliphatic carbocycles.